The first-order chi connectivity index (χ1) is 5.77. The fourth-order valence-corrected chi connectivity index (χ4v) is 0.972. The predicted molar refractivity (Wildman–Crippen MR) is 47.7 cm³/mol. The largest absolute Gasteiger partial charge is 0.494 e. The van der Waals surface area contributed by atoms with Crippen molar-refractivity contribution in [2.45, 2.75) is 6.92 Å². The van der Waals surface area contributed by atoms with E-state index in [0.29, 0.717) is 0 Å². The van der Waals surface area contributed by atoms with Crippen LogP contribution < -0.4 is 4.74 Å². The van der Waals surface area contributed by atoms with E-state index in [4.69, 9.17) is 4.74 Å². The van der Waals surface area contributed by atoms with Gasteiger partial charge in [0.05, 0.1) is 7.11 Å². The molecule has 0 fully saturated rings. The minimum absolute atomic E-state index is 0.283. The predicted octanol–water partition coefficient (Wildman–Crippen LogP) is 2.87. The van der Waals surface area contributed by atoms with E-state index in [1.54, 1.807) is 12.1 Å². The van der Waals surface area contributed by atoms with Crippen molar-refractivity contribution in [2.75, 3.05) is 7.11 Å². The Labute approximate surface area is 71.5 Å². The highest BCUT2D eigenvalue weighted by Gasteiger charge is 2.00. The first kappa shape index (κ1) is 8.78. The van der Waals surface area contributed by atoms with Gasteiger partial charge < -0.3 is 4.74 Å². The lowest BCUT2D eigenvalue weighted by Gasteiger charge is -2.01. The lowest BCUT2D eigenvalue weighted by atomic mass is 10.2. The Morgan fingerprint density at radius 1 is 1.42 bits per heavy atom. The van der Waals surface area contributed by atoms with E-state index >= 15 is 0 Å². The molecule has 0 aliphatic rings. The van der Waals surface area contributed by atoms with Gasteiger partial charge in [0.2, 0.25) is 0 Å². The average Bonchev–Trinajstić information content (AvgIpc) is 2.09. The van der Waals surface area contributed by atoms with Crippen molar-refractivity contribution in [1.29, 1.82) is 0 Å². The van der Waals surface area contributed by atoms with E-state index in [2.05, 4.69) is 0 Å². The molecule has 0 amide bonds. The topological polar surface area (TPSA) is 9.23 Å². The highest BCUT2D eigenvalue weighted by Crippen LogP contribution is 2.18. The summed E-state index contributed by atoms with van der Waals surface area (Å²) >= 11 is 0. The van der Waals surface area contributed by atoms with Crippen LogP contribution in [0.1, 0.15) is 12.5 Å². The number of allylic oxidation sites excluding steroid dienone is 1. The third kappa shape index (κ3) is 1.84. The fraction of sp³-hybridized carbons (Fsp3) is 0.200. The molecule has 0 saturated heterocycles. The van der Waals surface area contributed by atoms with Crippen molar-refractivity contribution in [1.82, 2.24) is 0 Å². The molecule has 0 aliphatic heterocycles. The molecule has 64 valence electrons. The molecule has 0 bridgehead atoms. The molecule has 1 nitrogen and oxygen atoms in total. The lowest BCUT2D eigenvalue weighted by Crippen LogP contribution is -1.87. The number of methoxy groups -OCH3 is 1. The molecular weight excluding hydrogens is 155 g/mol. The summed E-state index contributed by atoms with van der Waals surface area (Å²) in [5.74, 6) is -0.0450. The van der Waals surface area contributed by atoms with Gasteiger partial charge in [-0.2, -0.15) is 0 Å². The lowest BCUT2D eigenvalue weighted by molar-refractivity contribution is 0.386. The summed E-state index contributed by atoms with van der Waals surface area (Å²) in [5, 5.41) is 0. The van der Waals surface area contributed by atoms with Crippen LogP contribution in [0.5, 0.6) is 5.75 Å². The van der Waals surface area contributed by atoms with Gasteiger partial charge in [-0.15, -0.1) is 0 Å². The van der Waals surface area contributed by atoms with Gasteiger partial charge in [0.1, 0.15) is 0 Å². The van der Waals surface area contributed by atoms with Crippen molar-refractivity contribution >= 4 is 6.08 Å². The molecule has 0 radical (unpaired) electrons. The Kier molecular flexibility index (Phi) is 2.86. The fourth-order valence-electron chi connectivity index (χ4n) is 0.972. The van der Waals surface area contributed by atoms with Crippen molar-refractivity contribution < 1.29 is 9.13 Å². The van der Waals surface area contributed by atoms with E-state index in [-0.39, 0.29) is 11.6 Å². The SMILES string of the molecule is CC=Cc1ccc(F)c(OC)c1. The quantitative estimate of drug-likeness (QED) is 0.656. The molecule has 0 atom stereocenters. The van der Waals surface area contributed by atoms with Crippen molar-refractivity contribution in [3.8, 4) is 5.75 Å². The van der Waals surface area contributed by atoms with Crippen LogP contribution in [-0.2, 0) is 0 Å². The summed E-state index contributed by atoms with van der Waals surface area (Å²) in [4.78, 5) is 0. The smallest absolute Gasteiger partial charge is 0.165 e. The number of hydrogen-bond donors (Lipinski definition) is 0. The van der Waals surface area contributed by atoms with E-state index in [0.717, 1.165) is 5.56 Å². The van der Waals surface area contributed by atoms with Gasteiger partial charge in [-0.25, -0.2) is 4.39 Å². The number of hydrogen-bond acceptors (Lipinski definition) is 1. The zero-order chi connectivity index (χ0) is 8.97. The minimum atomic E-state index is -0.328. The van der Waals surface area contributed by atoms with E-state index < -0.39 is 0 Å². The molecule has 2 heteroatoms. The second kappa shape index (κ2) is 3.90. The van der Waals surface area contributed by atoms with Crippen LogP contribution in [0.3, 0.4) is 0 Å². The van der Waals surface area contributed by atoms with Crippen LogP contribution in [0.2, 0.25) is 0 Å². The van der Waals surface area contributed by atoms with Gasteiger partial charge in [-0.05, 0) is 24.6 Å². The van der Waals surface area contributed by atoms with Crippen LogP contribution in [0.25, 0.3) is 6.08 Å². The average molecular weight is 166 g/mol. The van der Waals surface area contributed by atoms with Crippen molar-refractivity contribution in [2.24, 2.45) is 0 Å². The third-order valence-corrected chi connectivity index (χ3v) is 1.53. The molecule has 1 aromatic carbocycles. The Balaban J connectivity index is 3.05. The van der Waals surface area contributed by atoms with Crippen LogP contribution in [0, 0.1) is 5.82 Å². The molecule has 0 heterocycles. The third-order valence-electron chi connectivity index (χ3n) is 1.53. The molecule has 12 heavy (non-hydrogen) atoms. The highest BCUT2D eigenvalue weighted by molar-refractivity contribution is 5.51. The van der Waals surface area contributed by atoms with E-state index in [9.17, 15) is 4.39 Å². The molecule has 0 spiro atoms. The van der Waals surface area contributed by atoms with Gasteiger partial charge in [0, 0.05) is 0 Å². The maximum Gasteiger partial charge on any atom is 0.165 e. The molecule has 0 N–H and O–H groups in total. The molecule has 0 aromatic heterocycles. The zero-order valence-corrected chi connectivity index (χ0v) is 7.17. The van der Waals surface area contributed by atoms with Gasteiger partial charge >= 0.3 is 0 Å². The van der Waals surface area contributed by atoms with Crippen LogP contribution in [0.15, 0.2) is 24.3 Å². The zero-order valence-electron chi connectivity index (χ0n) is 7.17. The first-order valence-electron chi connectivity index (χ1n) is 3.74. The van der Waals surface area contributed by atoms with Gasteiger partial charge in [0.15, 0.2) is 11.6 Å². The summed E-state index contributed by atoms with van der Waals surface area (Å²) < 4.78 is 17.7. The molecule has 0 unspecified atom stereocenters. The number of ether oxygens (including phenoxy) is 1. The molecule has 0 aliphatic carbocycles. The molecular formula is C10H11FO. The molecule has 1 aromatic rings. The van der Waals surface area contributed by atoms with Crippen molar-refractivity contribution in [3.63, 3.8) is 0 Å². The Morgan fingerprint density at radius 2 is 2.17 bits per heavy atom. The highest BCUT2D eigenvalue weighted by atomic mass is 19.1. The monoisotopic (exact) mass is 166 g/mol. The van der Waals surface area contributed by atoms with Gasteiger partial charge in [-0.3, -0.25) is 0 Å². The van der Waals surface area contributed by atoms with Gasteiger partial charge in [-0.1, -0.05) is 18.2 Å². The van der Waals surface area contributed by atoms with Crippen molar-refractivity contribution in [3.05, 3.63) is 35.7 Å². The van der Waals surface area contributed by atoms with Crippen LogP contribution >= 0.6 is 0 Å². The van der Waals surface area contributed by atoms with Gasteiger partial charge in [0.25, 0.3) is 0 Å². The summed E-state index contributed by atoms with van der Waals surface area (Å²) in [5.41, 5.74) is 0.941. The van der Waals surface area contributed by atoms with Crippen LogP contribution in [-0.4, -0.2) is 7.11 Å². The Bertz CT molecular complexity index is 292. The summed E-state index contributed by atoms with van der Waals surface area (Å²) in [6, 6.07) is 4.77. The Hall–Kier alpha value is -1.31. The minimum Gasteiger partial charge on any atom is -0.494 e. The molecule has 0 saturated carbocycles. The second-order valence-electron chi connectivity index (χ2n) is 2.39. The first-order valence-corrected chi connectivity index (χ1v) is 3.74. The number of rotatable bonds is 2. The number of benzene rings is 1. The van der Waals surface area contributed by atoms with E-state index in [1.165, 1.54) is 13.2 Å². The molecule has 1 rings (SSSR count). The normalized spacial score (nSPS) is 10.6. The van der Waals surface area contributed by atoms with Crippen LogP contribution in [0.4, 0.5) is 4.39 Å². The standard InChI is InChI=1S/C10H11FO/c1-3-4-8-5-6-9(11)10(7-8)12-2/h3-7H,1-2H3. The van der Waals surface area contributed by atoms with E-state index in [1.807, 2.05) is 19.1 Å². The summed E-state index contributed by atoms with van der Waals surface area (Å²) in [6.07, 6.45) is 3.79. The maximum atomic E-state index is 12.9. The summed E-state index contributed by atoms with van der Waals surface area (Å²) in [7, 11) is 1.46. The maximum absolute atomic E-state index is 12.9. The Morgan fingerprint density at radius 3 is 2.75 bits per heavy atom. The summed E-state index contributed by atoms with van der Waals surface area (Å²) in [6.45, 7) is 1.91. The number of halogens is 1. The second-order valence-corrected chi connectivity index (χ2v) is 2.39.